The number of fused-ring (bicyclic) bond motifs is 2. The first kappa shape index (κ1) is 18.9. The number of likely N-dealkylation sites (tertiary alicyclic amines) is 1. The van der Waals surface area contributed by atoms with Gasteiger partial charge in [-0.3, -0.25) is 9.59 Å². The van der Waals surface area contributed by atoms with Crippen LogP contribution < -0.4 is 5.32 Å². The van der Waals surface area contributed by atoms with E-state index in [1.807, 2.05) is 0 Å². The number of rotatable bonds is 5. The predicted molar refractivity (Wildman–Crippen MR) is 104 cm³/mol. The molecule has 4 heteroatoms. The van der Waals surface area contributed by atoms with E-state index in [0.29, 0.717) is 18.2 Å². The molecule has 1 aromatic carbocycles. The second-order valence-corrected chi connectivity index (χ2v) is 7.98. The van der Waals surface area contributed by atoms with Crippen molar-refractivity contribution in [3.8, 4) is 0 Å². The maximum absolute atomic E-state index is 12.7. The molecule has 1 atom stereocenters. The normalized spacial score (nSPS) is 21.1. The van der Waals surface area contributed by atoms with Crippen LogP contribution in [0.3, 0.4) is 0 Å². The Balaban J connectivity index is 1.76. The third kappa shape index (κ3) is 3.38. The fourth-order valence-electron chi connectivity index (χ4n) is 5.06. The van der Waals surface area contributed by atoms with Gasteiger partial charge in [-0.05, 0) is 54.6 Å². The molecule has 0 saturated carbocycles. The Bertz CT molecular complexity index is 658. The number of piperidine rings is 1. The molecule has 1 aromatic rings. The van der Waals surface area contributed by atoms with Crippen molar-refractivity contribution in [1.82, 2.24) is 10.2 Å². The molecular weight excluding hydrogens is 324 g/mol. The minimum absolute atomic E-state index is 0.114. The maximum atomic E-state index is 12.7. The van der Waals surface area contributed by atoms with Gasteiger partial charge in [-0.15, -0.1) is 0 Å². The summed E-state index contributed by atoms with van der Waals surface area (Å²) in [4.78, 5) is 26.8. The first-order valence-electron chi connectivity index (χ1n) is 10.1. The molecule has 1 spiro atoms. The molecule has 3 rings (SSSR count). The topological polar surface area (TPSA) is 49.4 Å². The number of amides is 2. The first-order chi connectivity index (χ1) is 12.5. The predicted octanol–water partition coefficient (Wildman–Crippen LogP) is 3.61. The largest absolute Gasteiger partial charge is 0.359 e. The van der Waals surface area contributed by atoms with Gasteiger partial charge in [0.25, 0.3) is 0 Å². The Morgan fingerprint density at radius 1 is 1.19 bits per heavy atom. The Labute approximate surface area is 157 Å². The summed E-state index contributed by atoms with van der Waals surface area (Å²) in [6.07, 6.45) is 5.47. The minimum atomic E-state index is 0.114. The van der Waals surface area contributed by atoms with E-state index in [1.165, 1.54) is 11.1 Å². The monoisotopic (exact) mass is 356 g/mol. The van der Waals surface area contributed by atoms with Gasteiger partial charge in [-0.25, -0.2) is 0 Å². The number of carbonyl (C=O) groups is 2. The molecule has 1 aliphatic carbocycles. The van der Waals surface area contributed by atoms with E-state index in [-0.39, 0.29) is 17.2 Å². The summed E-state index contributed by atoms with van der Waals surface area (Å²) in [7, 11) is 1.71. The molecule has 0 radical (unpaired) electrons. The van der Waals surface area contributed by atoms with E-state index >= 15 is 0 Å². The average molecular weight is 357 g/mol. The lowest BCUT2D eigenvalue weighted by Gasteiger charge is -2.41. The van der Waals surface area contributed by atoms with Gasteiger partial charge in [0.05, 0.1) is 0 Å². The highest BCUT2D eigenvalue weighted by Crippen LogP contribution is 2.52. The van der Waals surface area contributed by atoms with Gasteiger partial charge in [0.15, 0.2) is 0 Å². The molecule has 1 unspecified atom stereocenters. The van der Waals surface area contributed by atoms with Gasteiger partial charge in [-0.1, -0.05) is 38.1 Å². The number of benzene rings is 1. The van der Waals surface area contributed by atoms with Crippen LogP contribution in [0.15, 0.2) is 24.3 Å². The molecule has 1 saturated heterocycles. The second kappa shape index (κ2) is 7.81. The van der Waals surface area contributed by atoms with Crippen LogP contribution >= 0.6 is 0 Å². The number of nitrogens with one attached hydrogen (secondary N) is 1. The van der Waals surface area contributed by atoms with E-state index in [9.17, 15) is 9.59 Å². The number of nitrogens with zero attached hydrogens (tertiary/aromatic N) is 1. The zero-order chi connectivity index (χ0) is 18.7. The third-order valence-corrected chi connectivity index (χ3v) is 6.69. The van der Waals surface area contributed by atoms with Crippen LogP contribution in [-0.4, -0.2) is 36.9 Å². The van der Waals surface area contributed by atoms with Gasteiger partial charge in [0, 0.05) is 32.5 Å². The van der Waals surface area contributed by atoms with Crippen LogP contribution in [0.1, 0.15) is 69.4 Å². The lowest BCUT2D eigenvalue weighted by Crippen LogP contribution is -2.46. The van der Waals surface area contributed by atoms with E-state index < -0.39 is 0 Å². The molecule has 1 aliphatic heterocycles. The molecule has 0 aromatic heterocycles. The van der Waals surface area contributed by atoms with E-state index in [4.69, 9.17) is 0 Å². The summed E-state index contributed by atoms with van der Waals surface area (Å²) in [5, 5.41) is 2.77. The first-order valence-corrected chi connectivity index (χ1v) is 10.1. The molecule has 142 valence electrons. The van der Waals surface area contributed by atoms with Gasteiger partial charge in [0.2, 0.25) is 11.8 Å². The van der Waals surface area contributed by atoms with Crippen molar-refractivity contribution in [3.63, 3.8) is 0 Å². The van der Waals surface area contributed by atoms with Crippen LogP contribution in [0.25, 0.3) is 0 Å². The highest BCUT2D eigenvalue weighted by Gasteiger charge is 2.46. The highest BCUT2D eigenvalue weighted by atomic mass is 16.2. The van der Waals surface area contributed by atoms with E-state index in [0.717, 1.165) is 45.2 Å². The summed E-state index contributed by atoms with van der Waals surface area (Å²) < 4.78 is 0. The molecule has 0 bridgehead atoms. The third-order valence-electron chi connectivity index (χ3n) is 6.69. The maximum Gasteiger partial charge on any atom is 0.225 e. The molecule has 2 amide bonds. The number of hydrogen-bond donors (Lipinski definition) is 1. The summed E-state index contributed by atoms with van der Waals surface area (Å²) >= 11 is 0. The zero-order valence-electron chi connectivity index (χ0n) is 16.4. The quantitative estimate of drug-likeness (QED) is 0.876. The smallest absolute Gasteiger partial charge is 0.225 e. The van der Waals surface area contributed by atoms with Crippen LogP contribution in [0.4, 0.5) is 0 Å². The van der Waals surface area contributed by atoms with Crippen molar-refractivity contribution in [1.29, 1.82) is 0 Å². The molecule has 2 aliphatic rings. The van der Waals surface area contributed by atoms with Gasteiger partial charge >= 0.3 is 0 Å². The van der Waals surface area contributed by atoms with E-state index in [1.54, 1.807) is 7.05 Å². The number of carbonyl (C=O) groups excluding carboxylic acids is 2. The Kier molecular flexibility index (Phi) is 5.69. The van der Waals surface area contributed by atoms with E-state index in [2.05, 4.69) is 48.3 Å². The van der Waals surface area contributed by atoms with Crippen molar-refractivity contribution in [2.24, 2.45) is 5.92 Å². The minimum Gasteiger partial charge on any atom is -0.359 e. The summed E-state index contributed by atoms with van der Waals surface area (Å²) in [5.74, 6) is 0.912. The van der Waals surface area contributed by atoms with Crippen LogP contribution in [0.2, 0.25) is 0 Å². The molecule has 1 N–H and O–H groups in total. The van der Waals surface area contributed by atoms with Crippen molar-refractivity contribution >= 4 is 11.8 Å². The molecular formula is C22H32N2O2. The lowest BCUT2D eigenvalue weighted by atomic mass is 9.73. The second-order valence-electron chi connectivity index (χ2n) is 7.98. The standard InChI is InChI=1S/C22H32N2O2/c1-4-16(5-2)21(26)24-12-10-22(11-13-24)15-17(14-20(25)23-3)18-8-6-7-9-19(18)22/h6-9,16-17H,4-5,10-15H2,1-3H3,(H,23,25). The molecule has 26 heavy (non-hydrogen) atoms. The average Bonchev–Trinajstić information content (AvgIpc) is 2.96. The van der Waals surface area contributed by atoms with Crippen LogP contribution in [0, 0.1) is 5.92 Å². The fourth-order valence-corrected chi connectivity index (χ4v) is 5.06. The number of hydrogen-bond acceptors (Lipinski definition) is 2. The highest BCUT2D eigenvalue weighted by molar-refractivity contribution is 5.79. The zero-order valence-corrected chi connectivity index (χ0v) is 16.4. The van der Waals surface area contributed by atoms with Gasteiger partial charge < -0.3 is 10.2 Å². The van der Waals surface area contributed by atoms with Crippen molar-refractivity contribution in [2.75, 3.05) is 20.1 Å². The van der Waals surface area contributed by atoms with Crippen LogP contribution in [-0.2, 0) is 15.0 Å². The van der Waals surface area contributed by atoms with Crippen molar-refractivity contribution in [2.45, 2.75) is 63.7 Å². The summed E-state index contributed by atoms with van der Waals surface area (Å²) in [5.41, 5.74) is 2.90. The Morgan fingerprint density at radius 3 is 2.46 bits per heavy atom. The summed E-state index contributed by atoms with van der Waals surface area (Å²) in [6, 6.07) is 8.64. The molecule has 1 fully saturated rings. The van der Waals surface area contributed by atoms with Crippen molar-refractivity contribution in [3.05, 3.63) is 35.4 Å². The Hall–Kier alpha value is -1.84. The van der Waals surface area contributed by atoms with Gasteiger partial charge in [0.1, 0.15) is 0 Å². The fraction of sp³-hybridized carbons (Fsp3) is 0.636. The molecule has 4 nitrogen and oxygen atoms in total. The van der Waals surface area contributed by atoms with Gasteiger partial charge in [-0.2, -0.15) is 0 Å². The van der Waals surface area contributed by atoms with Crippen LogP contribution in [0.5, 0.6) is 0 Å². The summed E-state index contributed by atoms with van der Waals surface area (Å²) in [6.45, 7) is 5.90. The lowest BCUT2D eigenvalue weighted by molar-refractivity contribution is -0.137. The Morgan fingerprint density at radius 2 is 1.85 bits per heavy atom. The SMILES string of the molecule is CCC(CC)C(=O)N1CCC2(CC1)CC(CC(=O)NC)c1ccccc12. The molecule has 1 heterocycles. The van der Waals surface area contributed by atoms with Crippen molar-refractivity contribution < 1.29 is 9.59 Å².